The summed E-state index contributed by atoms with van der Waals surface area (Å²) in [7, 11) is 3.11. The fourth-order valence-corrected chi connectivity index (χ4v) is 4.67. The Morgan fingerprint density at radius 1 is 0.523 bits per heavy atom. The number of ether oxygens (including phenoxy) is 2. The van der Waals surface area contributed by atoms with E-state index in [1.807, 2.05) is 60.7 Å². The van der Waals surface area contributed by atoms with E-state index >= 15 is 0 Å². The number of carbonyl (C=O) groups is 2. The number of hydrogen-bond acceptors (Lipinski definition) is 4. The predicted molar refractivity (Wildman–Crippen MR) is 169 cm³/mol. The van der Waals surface area contributed by atoms with Gasteiger partial charge in [0.05, 0.1) is 25.3 Å². The summed E-state index contributed by atoms with van der Waals surface area (Å²) in [6.07, 6.45) is 0. The Balaban J connectivity index is 1.46. The third kappa shape index (κ3) is 6.46. The molecule has 2 N–H and O–H groups in total. The van der Waals surface area contributed by atoms with Crippen LogP contribution >= 0.6 is 0 Å². The average Bonchev–Trinajstić information content (AvgIpc) is 3.06. The van der Waals surface area contributed by atoms with Crippen molar-refractivity contribution in [2.45, 2.75) is 0 Å². The first kappa shape index (κ1) is 29.3. The van der Waals surface area contributed by atoms with E-state index in [0.717, 1.165) is 22.3 Å². The molecule has 214 valence electrons. The summed E-state index contributed by atoms with van der Waals surface area (Å²) in [4.78, 5) is 23.3. The average molecular weight is 579 g/mol. The molecule has 0 unspecified atom stereocenters. The summed E-state index contributed by atoms with van der Waals surface area (Å²) in [5.74, 6) is 11.8. The van der Waals surface area contributed by atoms with E-state index in [9.17, 15) is 19.8 Å². The van der Waals surface area contributed by atoms with Gasteiger partial charge in [0.2, 0.25) is 0 Å². The molecule has 5 aromatic rings. The summed E-state index contributed by atoms with van der Waals surface area (Å²) >= 11 is 0. The molecule has 44 heavy (non-hydrogen) atoms. The second kappa shape index (κ2) is 13.2. The van der Waals surface area contributed by atoms with Gasteiger partial charge in [-0.05, 0) is 58.7 Å². The molecule has 0 spiro atoms. The Labute approximate surface area is 255 Å². The fourth-order valence-electron chi connectivity index (χ4n) is 4.67. The highest BCUT2D eigenvalue weighted by molar-refractivity contribution is 5.96. The molecule has 0 saturated heterocycles. The number of rotatable bonds is 6. The minimum absolute atomic E-state index is 0.236. The van der Waals surface area contributed by atoms with Gasteiger partial charge >= 0.3 is 11.9 Å². The molecule has 0 radical (unpaired) electrons. The highest BCUT2D eigenvalue weighted by atomic mass is 16.5. The second-order valence-corrected chi connectivity index (χ2v) is 9.61. The topological polar surface area (TPSA) is 93.1 Å². The molecule has 0 aliphatic heterocycles. The molecule has 0 bridgehead atoms. The molecule has 5 aromatic carbocycles. The lowest BCUT2D eigenvalue weighted by molar-refractivity contribution is 0.0687. The largest absolute Gasteiger partial charge is 0.493 e. The Bertz CT molecular complexity index is 1840. The third-order valence-corrected chi connectivity index (χ3v) is 6.91. The van der Waals surface area contributed by atoms with Crippen LogP contribution in [0.1, 0.15) is 43.0 Å². The van der Waals surface area contributed by atoms with Crippen LogP contribution in [0.15, 0.2) is 109 Å². The van der Waals surface area contributed by atoms with Crippen molar-refractivity contribution in [3.8, 4) is 57.4 Å². The van der Waals surface area contributed by atoms with E-state index in [-0.39, 0.29) is 11.1 Å². The minimum atomic E-state index is -0.981. The molecule has 6 heteroatoms. The zero-order chi connectivity index (χ0) is 31.1. The standard InChI is InChI=1S/C38H26O6/c1-43-35-23-29(21-15-25-11-17-27(18-12-25)31-7-3-5-9-33(31)37(39)40)30(24-36(35)44-2)22-16-26-13-19-28(20-14-26)32-8-4-6-10-34(32)38(41)42/h3-14,17-20,23-24H,1-2H3,(H,39,40)(H,41,42). The quantitative estimate of drug-likeness (QED) is 0.207. The van der Waals surface area contributed by atoms with E-state index < -0.39 is 11.9 Å². The zero-order valence-electron chi connectivity index (χ0n) is 23.9. The Morgan fingerprint density at radius 2 is 0.886 bits per heavy atom. The van der Waals surface area contributed by atoms with Gasteiger partial charge in [-0.3, -0.25) is 0 Å². The van der Waals surface area contributed by atoms with Gasteiger partial charge in [-0.25, -0.2) is 9.59 Å². The van der Waals surface area contributed by atoms with Crippen LogP contribution in [-0.2, 0) is 0 Å². The predicted octanol–water partition coefficient (Wildman–Crippen LogP) is 7.23. The van der Waals surface area contributed by atoms with Crippen LogP contribution in [0, 0.1) is 23.7 Å². The molecule has 0 saturated carbocycles. The Morgan fingerprint density at radius 3 is 1.23 bits per heavy atom. The fraction of sp³-hybridized carbons (Fsp3) is 0.0526. The maximum absolute atomic E-state index is 11.6. The van der Waals surface area contributed by atoms with Crippen LogP contribution in [0.5, 0.6) is 11.5 Å². The van der Waals surface area contributed by atoms with Gasteiger partial charge in [-0.15, -0.1) is 0 Å². The van der Waals surface area contributed by atoms with Crippen molar-refractivity contribution in [2.24, 2.45) is 0 Å². The van der Waals surface area contributed by atoms with Gasteiger partial charge < -0.3 is 19.7 Å². The maximum atomic E-state index is 11.6. The summed E-state index contributed by atoms with van der Waals surface area (Å²) < 4.78 is 11.0. The van der Waals surface area contributed by atoms with Gasteiger partial charge in [0.1, 0.15) is 0 Å². The van der Waals surface area contributed by atoms with Crippen LogP contribution in [0.4, 0.5) is 0 Å². The maximum Gasteiger partial charge on any atom is 0.336 e. The molecule has 0 fully saturated rings. The highest BCUT2D eigenvalue weighted by Gasteiger charge is 2.12. The molecule has 5 rings (SSSR count). The number of benzene rings is 5. The molecular weight excluding hydrogens is 552 g/mol. The lowest BCUT2D eigenvalue weighted by atomic mass is 9.98. The third-order valence-electron chi connectivity index (χ3n) is 6.91. The minimum Gasteiger partial charge on any atom is -0.493 e. The normalized spacial score (nSPS) is 10.0. The van der Waals surface area contributed by atoms with Crippen LogP contribution in [0.3, 0.4) is 0 Å². The van der Waals surface area contributed by atoms with E-state index in [4.69, 9.17) is 9.47 Å². The summed E-state index contributed by atoms with van der Waals surface area (Å²) in [6.45, 7) is 0. The highest BCUT2D eigenvalue weighted by Crippen LogP contribution is 2.30. The van der Waals surface area contributed by atoms with Gasteiger partial charge in [0, 0.05) is 34.4 Å². The van der Waals surface area contributed by atoms with Crippen molar-refractivity contribution < 1.29 is 29.3 Å². The first-order chi connectivity index (χ1) is 21.4. The van der Waals surface area contributed by atoms with Gasteiger partial charge in [0.25, 0.3) is 0 Å². The van der Waals surface area contributed by atoms with Gasteiger partial charge in [-0.2, -0.15) is 0 Å². The van der Waals surface area contributed by atoms with Crippen LogP contribution in [-0.4, -0.2) is 36.4 Å². The summed E-state index contributed by atoms with van der Waals surface area (Å²) in [5, 5.41) is 19.1. The van der Waals surface area contributed by atoms with Crippen molar-refractivity contribution >= 4 is 11.9 Å². The molecule has 0 aliphatic carbocycles. The number of aromatic carboxylic acids is 2. The molecule has 6 nitrogen and oxygen atoms in total. The summed E-state index contributed by atoms with van der Waals surface area (Å²) in [6, 6.07) is 32.1. The SMILES string of the molecule is COc1cc(C#Cc2ccc(-c3ccccc3C(=O)O)cc2)c(C#Cc2ccc(-c3ccccc3C(=O)O)cc2)cc1OC. The lowest BCUT2D eigenvalue weighted by Gasteiger charge is -2.09. The summed E-state index contributed by atoms with van der Waals surface area (Å²) in [5.41, 5.74) is 6.07. The number of methoxy groups -OCH3 is 2. The van der Waals surface area contributed by atoms with E-state index in [1.54, 1.807) is 62.8 Å². The monoisotopic (exact) mass is 578 g/mol. The van der Waals surface area contributed by atoms with Crippen molar-refractivity contribution in [1.29, 1.82) is 0 Å². The molecular formula is C38H26O6. The van der Waals surface area contributed by atoms with E-state index in [0.29, 0.717) is 33.8 Å². The van der Waals surface area contributed by atoms with Crippen LogP contribution < -0.4 is 9.47 Å². The number of carboxylic acids is 2. The smallest absolute Gasteiger partial charge is 0.336 e. The van der Waals surface area contributed by atoms with Gasteiger partial charge in [-0.1, -0.05) is 84.3 Å². The second-order valence-electron chi connectivity index (χ2n) is 9.61. The molecule has 0 amide bonds. The van der Waals surface area contributed by atoms with E-state index in [2.05, 4.69) is 23.7 Å². The van der Waals surface area contributed by atoms with Crippen molar-refractivity contribution in [3.05, 3.63) is 143 Å². The van der Waals surface area contributed by atoms with Crippen molar-refractivity contribution in [3.63, 3.8) is 0 Å². The van der Waals surface area contributed by atoms with E-state index in [1.165, 1.54) is 0 Å². The Kier molecular flexibility index (Phi) is 8.75. The number of carboxylic acid groups (broad SMARTS) is 2. The Hall–Kier alpha value is -6.24. The lowest BCUT2D eigenvalue weighted by Crippen LogP contribution is -1.98. The molecule has 0 atom stereocenters. The molecule has 0 heterocycles. The molecule has 0 aliphatic rings. The van der Waals surface area contributed by atoms with Gasteiger partial charge in [0.15, 0.2) is 11.5 Å². The van der Waals surface area contributed by atoms with Crippen molar-refractivity contribution in [2.75, 3.05) is 14.2 Å². The van der Waals surface area contributed by atoms with Crippen molar-refractivity contribution in [1.82, 2.24) is 0 Å². The zero-order valence-corrected chi connectivity index (χ0v) is 23.9. The first-order valence-corrected chi connectivity index (χ1v) is 13.5. The van der Waals surface area contributed by atoms with Crippen LogP contribution in [0.25, 0.3) is 22.3 Å². The molecule has 0 aromatic heterocycles. The number of hydrogen-bond donors (Lipinski definition) is 2. The first-order valence-electron chi connectivity index (χ1n) is 13.5. The van der Waals surface area contributed by atoms with Crippen LogP contribution in [0.2, 0.25) is 0 Å².